The van der Waals surface area contributed by atoms with Crippen LogP contribution in [0, 0.1) is 0 Å². The van der Waals surface area contributed by atoms with Crippen LogP contribution in [-0.4, -0.2) is 41.4 Å². The van der Waals surface area contributed by atoms with Gasteiger partial charge in [-0.25, -0.2) is 0 Å². The minimum absolute atomic E-state index is 0.511. The molecule has 0 N–H and O–H groups in total. The lowest BCUT2D eigenvalue weighted by molar-refractivity contribution is 0.139. The van der Waals surface area contributed by atoms with Crippen molar-refractivity contribution < 1.29 is 0 Å². The SMILES string of the molecule is S[C@@H]1CN2C=NCN2C1. The number of nitrogens with zero attached hydrogens (tertiary/aromatic N) is 3. The van der Waals surface area contributed by atoms with Gasteiger partial charge in [0.15, 0.2) is 0 Å². The fourth-order valence-electron chi connectivity index (χ4n) is 1.22. The van der Waals surface area contributed by atoms with E-state index in [1.54, 1.807) is 0 Å². The minimum Gasteiger partial charge on any atom is -0.293 e. The van der Waals surface area contributed by atoms with E-state index in [0.29, 0.717) is 5.25 Å². The van der Waals surface area contributed by atoms with Crippen molar-refractivity contribution in [2.75, 3.05) is 19.8 Å². The van der Waals surface area contributed by atoms with Crippen LogP contribution in [0.25, 0.3) is 0 Å². The van der Waals surface area contributed by atoms with Crippen molar-refractivity contribution in [2.24, 2.45) is 4.99 Å². The highest BCUT2D eigenvalue weighted by Gasteiger charge is 2.28. The molecule has 0 bridgehead atoms. The third-order valence-electron chi connectivity index (χ3n) is 1.64. The highest BCUT2D eigenvalue weighted by Crippen LogP contribution is 2.15. The molecule has 0 aliphatic carbocycles. The maximum absolute atomic E-state index is 4.35. The first-order chi connectivity index (χ1) is 4.36. The number of hydrazine groups is 1. The zero-order valence-corrected chi connectivity index (χ0v) is 5.96. The van der Waals surface area contributed by atoms with E-state index < -0.39 is 0 Å². The van der Waals surface area contributed by atoms with Crippen molar-refractivity contribution >= 4 is 19.0 Å². The van der Waals surface area contributed by atoms with Crippen LogP contribution < -0.4 is 0 Å². The molecule has 0 unspecified atom stereocenters. The Morgan fingerprint density at radius 1 is 1.56 bits per heavy atom. The summed E-state index contributed by atoms with van der Waals surface area (Å²) in [6, 6.07) is 0. The zero-order chi connectivity index (χ0) is 6.27. The largest absolute Gasteiger partial charge is 0.293 e. The summed E-state index contributed by atoms with van der Waals surface area (Å²) in [5.41, 5.74) is 0. The van der Waals surface area contributed by atoms with Crippen molar-refractivity contribution in [2.45, 2.75) is 5.25 Å². The molecule has 4 heteroatoms. The van der Waals surface area contributed by atoms with Crippen molar-refractivity contribution in [1.29, 1.82) is 0 Å². The lowest BCUT2D eigenvalue weighted by Crippen LogP contribution is -2.29. The third kappa shape index (κ3) is 0.822. The molecule has 1 atom stereocenters. The monoisotopic (exact) mass is 143 g/mol. The van der Waals surface area contributed by atoms with Gasteiger partial charge in [0.25, 0.3) is 0 Å². The molecule has 1 fully saturated rings. The zero-order valence-electron chi connectivity index (χ0n) is 5.06. The van der Waals surface area contributed by atoms with E-state index in [-0.39, 0.29) is 0 Å². The van der Waals surface area contributed by atoms with Gasteiger partial charge >= 0.3 is 0 Å². The fourth-order valence-corrected chi connectivity index (χ4v) is 1.58. The Kier molecular flexibility index (Phi) is 1.16. The summed E-state index contributed by atoms with van der Waals surface area (Å²) in [6.07, 6.45) is 1.89. The smallest absolute Gasteiger partial charge is 0.110 e. The molecule has 1 saturated heterocycles. The molecule has 0 amide bonds. The Bertz CT molecular complexity index is 147. The average Bonchev–Trinajstić information content (AvgIpc) is 2.22. The van der Waals surface area contributed by atoms with Gasteiger partial charge < -0.3 is 0 Å². The highest BCUT2D eigenvalue weighted by atomic mass is 32.1. The Morgan fingerprint density at radius 2 is 2.44 bits per heavy atom. The quantitative estimate of drug-likeness (QED) is 0.474. The van der Waals surface area contributed by atoms with Crippen LogP contribution in [0.1, 0.15) is 0 Å². The molecule has 0 radical (unpaired) electrons. The first kappa shape index (κ1) is 5.56. The van der Waals surface area contributed by atoms with Gasteiger partial charge in [0, 0.05) is 18.3 Å². The molecule has 0 saturated carbocycles. The second kappa shape index (κ2) is 1.88. The fraction of sp³-hybridized carbons (Fsp3) is 0.800. The molecule has 2 heterocycles. The normalized spacial score (nSPS) is 33.9. The van der Waals surface area contributed by atoms with Crippen LogP contribution in [0.2, 0.25) is 0 Å². The number of rotatable bonds is 0. The van der Waals surface area contributed by atoms with Crippen LogP contribution in [-0.2, 0) is 0 Å². The highest BCUT2D eigenvalue weighted by molar-refractivity contribution is 7.81. The predicted molar refractivity (Wildman–Crippen MR) is 39.5 cm³/mol. The van der Waals surface area contributed by atoms with E-state index in [1.807, 2.05) is 6.34 Å². The minimum atomic E-state index is 0.511. The van der Waals surface area contributed by atoms with Gasteiger partial charge in [-0.1, -0.05) is 0 Å². The summed E-state index contributed by atoms with van der Waals surface area (Å²) < 4.78 is 0. The second-order valence-electron chi connectivity index (χ2n) is 2.40. The Labute approximate surface area is 59.7 Å². The van der Waals surface area contributed by atoms with Crippen molar-refractivity contribution in [3.05, 3.63) is 0 Å². The number of aliphatic imine (C=N–C) groups is 1. The van der Waals surface area contributed by atoms with Gasteiger partial charge in [0.1, 0.15) is 13.0 Å². The molecule has 3 nitrogen and oxygen atoms in total. The van der Waals surface area contributed by atoms with Crippen molar-refractivity contribution in [3.8, 4) is 0 Å². The van der Waals surface area contributed by atoms with Crippen LogP contribution in [0.4, 0.5) is 0 Å². The Balaban J connectivity index is 2.08. The molecule has 0 aromatic carbocycles. The average molecular weight is 143 g/mol. The number of thiol groups is 1. The summed E-state index contributed by atoms with van der Waals surface area (Å²) in [6.45, 7) is 2.90. The van der Waals surface area contributed by atoms with Gasteiger partial charge in [-0.15, -0.1) is 0 Å². The van der Waals surface area contributed by atoms with E-state index in [4.69, 9.17) is 0 Å². The standard InChI is InChI=1S/C5H9N3S/c9-5-1-7-3-6-4-8(7)2-5/h3,5,9H,1-2,4H2/t5-/m1/s1. The van der Waals surface area contributed by atoms with E-state index >= 15 is 0 Å². The molecule has 2 rings (SSSR count). The van der Waals surface area contributed by atoms with Gasteiger partial charge in [0.05, 0.1) is 0 Å². The number of fused-ring (bicyclic) bond motifs is 1. The second-order valence-corrected chi connectivity index (χ2v) is 3.13. The third-order valence-corrected chi connectivity index (χ3v) is 1.97. The lowest BCUT2D eigenvalue weighted by atomic mass is 10.4. The van der Waals surface area contributed by atoms with E-state index in [1.165, 1.54) is 0 Å². The van der Waals surface area contributed by atoms with Gasteiger partial charge in [0.2, 0.25) is 0 Å². The molecule has 9 heavy (non-hydrogen) atoms. The van der Waals surface area contributed by atoms with E-state index in [2.05, 4.69) is 27.6 Å². The molecule has 0 aromatic rings. The van der Waals surface area contributed by atoms with Crippen LogP contribution in [0.15, 0.2) is 4.99 Å². The summed E-state index contributed by atoms with van der Waals surface area (Å²) in [5, 5.41) is 4.83. The summed E-state index contributed by atoms with van der Waals surface area (Å²) in [5.74, 6) is 0. The number of hydrogen-bond acceptors (Lipinski definition) is 4. The van der Waals surface area contributed by atoms with Crippen molar-refractivity contribution in [1.82, 2.24) is 10.0 Å². The Hall–Kier alpha value is -0.220. The maximum Gasteiger partial charge on any atom is 0.110 e. The molecular formula is C5H9N3S. The van der Waals surface area contributed by atoms with Gasteiger partial charge in [-0.05, 0) is 0 Å². The van der Waals surface area contributed by atoms with E-state index in [0.717, 1.165) is 19.8 Å². The molecule has 2 aliphatic heterocycles. The first-order valence-corrected chi connectivity index (χ1v) is 3.57. The summed E-state index contributed by atoms with van der Waals surface area (Å²) in [7, 11) is 0. The van der Waals surface area contributed by atoms with Gasteiger partial charge in [-0.2, -0.15) is 17.6 Å². The van der Waals surface area contributed by atoms with Crippen LogP contribution in [0.5, 0.6) is 0 Å². The van der Waals surface area contributed by atoms with E-state index in [9.17, 15) is 0 Å². The molecule has 50 valence electrons. The first-order valence-electron chi connectivity index (χ1n) is 3.06. The topological polar surface area (TPSA) is 18.8 Å². The summed E-state index contributed by atoms with van der Waals surface area (Å²) >= 11 is 4.35. The van der Waals surface area contributed by atoms with Crippen molar-refractivity contribution in [3.63, 3.8) is 0 Å². The lowest BCUT2D eigenvalue weighted by Gasteiger charge is -2.15. The molecule has 2 aliphatic rings. The molecule has 0 aromatic heterocycles. The summed E-state index contributed by atoms with van der Waals surface area (Å²) in [4.78, 5) is 4.10. The van der Waals surface area contributed by atoms with Gasteiger partial charge in [-0.3, -0.25) is 10.0 Å². The molecule has 0 spiro atoms. The van der Waals surface area contributed by atoms with Crippen LogP contribution >= 0.6 is 12.6 Å². The maximum atomic E-state index is 4.35. The molecular weight excluding hydrogens is 134 g/mol. The number of hydrogen-bond donors (Lipinski definition) is 1. The Morgan fingerprint density at radius 3 is 3.22 bits per heavy atom. The van der Waals surface area contributed by atoms with Crippen LogP contribution in [0.3, 0.4) is 0 Å². The predicted octanol–water partition coefficient (Wildman–Crippen LogP) is -0.183.